The van der Waals surface area contributed by atoms with Gasteiger partial charge in [-0.2, -0.15) is 0 Å². The zero-order chi connectivity index (χ0) is 37.3. The van der Waals surface area contributed by atoms with Crippen molar-refractivity contribution in [3.8, 4) is 0 Å². The Bertz CT molecular complexity index is 1400. The van der Waals surface area contributed by atoms with E-state index in [1.165, 1.54) is 0 Å². The number of hydrogen-bond acceptors (Lipinski definition) is 14. The molecule has 18 nitrogen and oxygen atoms in total. The maximum absolute atomic E-state index is 11.4. The zero-order valence-electron chi connectivity index (χ0n) is 26.7. The molecule has 0 aliphatic rings. The fourth-order valence-electron chi connectivity index (χ4n) is 4.30. The third-order valence-electron chi connectivity index (χ3n) is 6.34. The number of nitrogens with zero attached hydrogens (tertiary/aromatic N) is 5. The zero-order valence-corrected chi connectivity index (χ0v) is 29.2. The van der Waals surface area contributed by atoms with Gasteiger partial charge < -0.3 is 5.73 Å². The molecular formula is C28H34Cl2CoN6O12. The second-order valence-corrected chi connectivity index (χ2v) is 10.6. The molecule has 0 saturated heterocycles. The van der Waals surface area contributed by atoms with Crippen molar-refractivity contribution in [2.24, 2.45) is 5.73 Å². The number of rotatable bonds is 16. The molecule has 0 saturated carbocycles. The van der Waals surface area contributed by atoms with Crippen molar-refractivity contribution < 1.29 is 55.7 Å². The van der Waals surface area contributed by atoms with Crippen LogP contribution in [0.1, 0.15) is 50.7 Å². The maximum Gasteiger partial charge on any atom is 0.280 e. The van der Waals surface area contributed by atoms with Gasteiger partial charge in [-0.05, 0) is 39.8 Å². The molecule has 2 rings (SSSR count). The molecule has 0 atom stereocenters. The van der Waals surface area contributed by atoms with Crippen LogP contribution >= 0.6 is 23.2 Å². The molecular weight excluding hydrogens is 742 g/mol. The Morgan fingerprint density at radius 3 is 1.14 bits per heavy atom. The number of non-ortho nitro benzene ring substituents is 2. The van der Waals surface area contributed by atoms with Crippen molar-refractivity contribution in [2.45, 2.75) is 39.5 Å². The molecule has 1 radical (unpaired) electrons. The number of carbonyl (C=O) groups is 4. The Morgan fingerprint density at radius 1 is 0.633 bits per heavy atom. The van der Waals surface area contributed by atoms with Crippen LogP contribution in [0.2, 0.25) is 0 Å². The van der Waals surface area contributed by atoms with Crippen molar-refractivity contribution in [3.05, 3.63) is 88.0 Å². The Labute approximate surface area is 300 Å². The monoisotopic (exact) mass is 775 g/mol. The van der Waals surface area contributed by atoms with E-state index in [1.807, 2.05) is 0 Å². The van der Waals surface area contributed by atoms with Gasteiger partial charge in [0.15, 0.2) is 0 Å². The van der Waals surface area contributed by atoms with Crippen LogP contribution in [-0.4, -0.2) is 85.7 Å². The fourth-order valence-corrected chi connectivity index (χ4v) is 4.78. The molecule has 0 aliphatic carbocycles. The summed E-state index contributed by atoms with van der Waals surface area (Å²) in [7, 11) is 0. The van der Waals surface area contributed by atoms with Crippen molar-refractivity contribution >= 4 is 69.1 Å². The van der Waals surface area contributed by atoms with Crippen molar-refractivity contribution in [1.82, 2.24) is 4.90 Å². The van der Waals surface area contributed by atoms with Crippen LogP contribution in [0, 0.1) is 40.5 Å². The van der Waals surface area contributed by atoms with Gasteiger partial charge in [-0.15, -0.1) is 23.2 Å². The van der Waals surface area contributed by atoms with Crippen molar-refractivity contribution in [3.63, 3.8) is 0 Å². The standard InChI is InChI=1S/2C11H10N2O6.C6H14Cl2N2.Co/c2*1-6(14)11(7(2)15)9-4-3-8(12(16)17)5-10(9)13(18)19;7-1-4-10(5-2-8)6-3-9;/h2*3-5,11H,1-2H3;1-6,9H2;. The number of carbonyl (C=O) groups excluding carboxylic acids is 4. The van der Waals surface area contributed by atoms with Gasteiger partial charge in [-0.1, -0.05) is 0 Å². The number of halogens is 2. The summed E-state index contributed by atoms with van der Waals surface area (Å²) in [6.07, 6.45) is 0. The quantitative estimate of drug-likeness (QED) is 0.108. The van der Waals surface area contributed by atoms with Gasteiger partial charge in [0.2, 0.25) is 0 Å². The number of alkyl halides is 2. The molecule has 0 spiro atoms. The molecule has 2 aromatic carbocycles. The molecule has 49 heavy (non-hydrogen) atoms. The van der Waals surface area contributed by atoms with Crippen LogP contribution in [-0.2, 0) is 36.0 Å². The van der Waals surface area contributed by atoms with Gasteiger partial charge in [-0.25, -0.2) is 0 Å². The SMILES string of the molecule is CC(=O)C(C(C)=O)c1ccc([N+](=O)[O-])cc1[N+](=O)[O-].CC(=O)C(C(C)=O)c1ccc([N+](=O)[O-])cc1[N+](=O)[O-].NCCN(CCCl)CCCl.[Co]. The number of Topliss-reactive ketones (excluding diaryl/α,β-unsaturated/α-hetero) is 4. The Kier molecular flexibility index (Phi) is 22.1. The Morgan fingerprint density at radius 2 is 0.939 bits per heavy atom. The Balaban J connectivity index is 0. The van der Waals surface area contributed by atoms with Crippen LogP contribution in [0.15, 0.2) is 36.4 Å². The van der Waals surface area contributed by atoms with Crippen LogP contribution in [0.5, 0.6) is 0 Å². The first-order chi connectivity index (χ1) is 22.3. The van der Waals surface area contributed by atoms with Crippen LogP contribution in [0.25, 0.3) is 0 Å². The molecule has 2 aromatic rings. The smallest absolute Gasteiger partial charge is 0.280 e. The summed E-state index contributed by atoms with van der Waals surface area (Å²) in [5, 5.41) is 43.0. The average molecular weight is 776 g/mol. The number of ketones is 4. The second kappa shape index (κ2) is 23.1. The molecule has 271 valence electrons. The predicted octanol–water partition coefficient (Wildman–Crippen LogP) is 4.25. The van der Waals surface area contributed by atoms with Crippen molar-refractivity contribution in [2.75, 3.05) is 37.9 Å². The summed E-state index contributed by atoms with van der Waals surface area (Å²) < 4.78 is 0. The first-order valence-electron chi connectivity index (χ1n) is 13.8. The third kappa shape index (κ3) is 15.2. The minimum atomic E-state index is -1.28. The minimum absolute atomic E-state index is 0. The minimum Gasteiger partial charge on any atom is -0.329 e. The van der Waals surface area contributed by atoms with E-state index in [1.54, 1.807) is 0 Å². The second-order valence-electron chi connectivity index (χ2n) is 9.83. The number of benzene rings is 2. The number of nitrogens with two attached hydrogens (primary N) is 1. The normalized spacial score (nSPS) is 10.2. The molecule has 0 aromatic heterocycles. The fraction of sp³-hybridized carbons (Fsp3) is 0.429. The van der Waals surface area contributed by atoms with E-state index >= 15 is 0 Å². The van der Waals surface area contributed by atoms with Gasteiger partial charge in [-0.3, -0.25) is 64.5 Å². The predicted molar refractivity (Wildman–Crippen MR) is 175 cm³/mol. The van der Waals surface area contributed by atoms with E-state index in [2.05, 4.69) is 4.90 Å². The number of hydrogen-bond donors (Lipinski definition) is 1. The molecule has 2 N–H and O–H groups in total. The summed E-state index contributed by atoms with van der Waals surface area (Å²) >= 11 is 11.1. The van der Waals surface area contributed by atoms with Crippen LogP contribution in [0.4, 0.5) is 22.7 Å². The molecule has 0 unspecified atom stereocenters. The Hall–Kier alpha value is -4.27. The summed E-state index contributed by atoms with van der Waals surface area (Å²) in [5.41, 5.74) is 2.95. The van der Waals surface area contributed by atoms with Crippen LogP contribution < -0.4 is 5.73 Å². The number of nitro groups is 4. The molecule has 0 amide bonds. The average Bonchev–Trinajstić information content (AvgIpc) is 2.97. The van der Waals surface area contributed by atoms with Gasteiger partial charge in [0.05, 0.1) is 31.8 Å². The van der Waals surface area contributed by atoms with Gasteiger partial charge in [0, 0.05) is 78.0 Å². The largest absolute Gasteiger partial charge is 0.329 e. The summed E-state index contributed by atoms with van der Waals surface area (Å²) in [6, 6.07) is 5.69. The first kappa shape index (κ1) is 46.8. The van der Waals surface area contributed by atoms with Gasteiger partial charge in [0.1, 0.15) is 35.0 Å². The van der Waals surface area contributed by atoms with Gasteiger partial charge >= 0.3 is 0 Å². The number of nitro benzene ring substituents is 4. The van der Waals surface area contributed by atoms with E-state index in [4.69, 9.17) is 28.9 Å². The molecule has 0 aliphatic heterocycles. The summed E-state index contributed by atoms with van der Waals surface area (Å²) in [5.74, 6) is -3.46. The van der Waals surface area contributed by atoms with E-state index in [0.717, 1.165) is 83.7 Å². The summed E-state index contributed by atoms with van der Waals surface area (Å²) in [4.78, 5) is 87.5. The topological polar surface area (TPSA) is 270 Å². The van der Waals surface area contributed by atoms with Crippen molar-refractivity contribution in [1.29, 1.82) is 0 Å². The van der Waals surface area contributed by atoms with Gasteiger partial charge in [0.25, 0.3) is 22.7 Å². The maximum atomic E-state index is 11.4. The van der Waals surface area contributed by atoms with E-state index in [0.29, 0.717) is 18.3 Å². The van der Waals surface area contributed by atoms with E-state index in [9.17, 15) is 59.6 Å². The first-order valence-corrected chi connectivity index (χ1v) is 14.8. The van der Waals surface area contributed by atoms with E-state index < -0.39 is 77.4 Å². The van der Waals surface area contributed by atoms with Crippen LogP contribution in [0.3, 0.4) is 0 Å². The molecule has 0 bridgehead atoms. The molecule has 0 heterocycles. The third-order valence-corrected chi connectivity index (χ3v) is 6.68. The molecule has 21 heteroatoms. The molecule has 0 fully saturated rings. The van der Waals surface area contributed by atoms with E-state index in [-0.39, 0.29) is 27.9 Å². The summed E-state index contributed by atoms with van der Waals surface area (Å²) in [6.45, 7) is 7.87.